The molecule has 0 bridgehead atoms. The molecule has 2 unspecified atom stereocenters. The molecule has 122 valence electrons. The van der Waals surface area contributed by atoms with Gasteiger partial charge in [0.05, 0.1) is 6.42 Å². The number of nitrogens with zero attached hydrogens (tertiary/aromatic N) is 2. The Morgan fingerprint density at radius 3 is 2.43 bits per heavy atom. The van der Waals surface area contributed by atoms with Gasteiger partial charge in [-0.1, -0.05) is 20.8 Å². The van der Waals surface area contributed by atoms with Gasteiger partial charge in [-0.05, 0) is 25.8 Å². The number of aliphatic carboxylic acids is 1. The van der Waals surface area contributed by atoms with Crippen molar-refractivity contribution in [2.45, 2.75) is 52.6 Å². The Morgan fingerprint density at radius 2 is 1.95 bits per heavy atom. The van der Waals surface area contributed by atoms with Gasteiger partial charge in [0.15, 0.2) is 0 Å². The molecule has 2 atom stereocenters. The van der Waals surface area contributed by atoms with Crippen molar-refractivity contribution < 1.29 is 14.7 Å². The summed E-state index contributed by atoms with van der Waals surface area (Å²) < 4.78 is 0. The van der Waals surface area contributed by atoms with E-state index in [1.807, 2.05) is 34.7 Å². The Hall–Kier alpha value is -1.30. The molecule has 6 heteroatoms. The SMILES string of the molecule is CC1CN(C)CCN1C(=O)NC(CC(=O)O)CC(C)(C)C. The average Bonchev–Trinajstić information content (AvgIpc) is 2.24. The number of urea groups is 1. The minimum atomic E-state index is -0.879. The van der Waals surface area contributed by atoms with Crippen molar-refractivity contribution in [3.63, 3.8) is 0 Å². The van der Waals surface area contributed by atoms with E-state index in [0.29, 0.717) is 13.0 Å². The summed E-state index contributed by atoms with van der Waals surface area (Å²) in [6, 6.07) is -0.336. The second kappa shape index (κ2) is 7.11. The van der Waals surface area contributed by atoms with Crippen LogP contribution in [0.4, 0.5) is 4.79 Å². The van der Waals surface area contributed by atoms with Crippen LogP contribution < -0.4 is 5.32 Å². The molecule has 0 aromatic carbocycles. The number of piperazine rings is 1. The van der Waals surface area contributed by atoms with Crippen molar-refractivity contribution in [2.24, 2.45) is 5.41 Å². The first kappa shape index (κ1) is 17.8. The highest BCUT2D eigenvalue weighted by Crippen LogP contribution is 2.22. The van der Waals surface area contributed by atoms with Crippen LogP contribution in [0, 0.1) is 5.41 Å². The van der Waals surface area contributed by atoms with Gasteiger partial charge in [-0.3, -0.25) is 4.79 Å². The van der Waals surface area contributed by atoms with E-state index in [-0.39, 0.29) is 30.0 Å². The fourth-order valence-electron chi connectivity index (χ4n) is 2.82. The summed E-state index contributed by atoms with van der Waals surface area (Å²) in [4.78, 5) is 27.4. The normalized spacial score (nSPS) is 22.0. The number of hydrogen-bond donors (Lipinski definition) is 2. The highest BCUT2D eigenvalue weighted by Gasteiger charge is 2.29. The maximum Gasteiger partial charge on any atom is 0.317 e. The molecule has 2 N–H and O–H groups in total. The Balaban J connectivity index is 2.64. The van der Waals surface area contributed by atoms with Gasteiger partial charge in [0, 0.05) is 31.7 Å². The molecule has 0 radical (unpaired) electrons. The topological polar surface area (TPSA) is 72.9 Å². The zero-order valence-corrected chi connectivity index (χ0v) is 13.8. The third-order valence-corrected chi connectivity index (χ3v) is 3.70. The number of carboxylic acids is 1. The predicted octanol–water partition coefficient (Wildman–Crippen LogP) is 1.61. The Labute approximate surface area is 127 Å². The Kier molecular flexibility index (Phi) is 6.01. The van der Waals surface area contributed by atoms with Gasteiger partial charge in [0.25, 0.3) is 0 Å². The summed E-state index contributed by atoms with van der Waals surface area (Å²) in [5, 5.41) is 11.9. The van der Waals surface area contributed by atoms with Crippen LogP contribution in [0.5, 0.6) is 0 Å². The van der Waals surface area contributed by atoms with E-state index in [4.69, 9.17) is 5.11 Å². The molecule has 0 saturated carbocycles. The average molecular weight is 299 g/mol. The summed E-state index contributed by atoms with van der Waals surface area (Å²) >= 11 is 0. The fraction of sp³-hybridized carbons (Fsp3) is 0.867. The first-order valence-corrected chi connectivity index (χ1v) is 7.56. The van der Waals surface area contributed by atoms with Gasteiger partial charge in [-0.25, -0.2) is 4.79 Å². The molecular weight excluding hydrogens is 270 g/mol. The van der Waals surface area contributed by atoms with Crippen LogP contribution in [0.25, 0.3) is 0 Å². The second-order valence-corrected chi connectivity index (χ2v) is 7.31. The van der Waals surface area contributed by atoms with E-state index in [9.17, 15) is 9.59 Å². The molecule has 0 aromatic heterocycles. The predicted molar refractivity (Wildman–Crippen MR) is 82.3 cm³/mol. The Morgan fingerprint density at radius 1 is 1.33 bits per heavy atom. The quantitative estimate of drug-likeness (QED) is 0.827. The van der Waals surface area contributed by atoms with Crippen LogP contribution in [0.1, 0.15) is 40.5 Å². The van der Waals surface area contributed by atoms with Crippen molar-refractivity contribution in [3.8, 4) is 0 Å². The minimum Gasteiger partial charge on any atom is -0.481 e. The van der Waals surface area contributed by atoms with Gasteiger partial charge >= 0.3 is 12.0 Å². The summed E-state index contributed by atoms with van der Waals surface area (Å²) in [7, 11) is 2.04. The number of amides is 2. The van der Waals surface area contributed by atoms with E-state index in [0.717, 1.165) is 13.1 Å². The lowest BCUT2D eigenvalue weighted by Gasteiger charge is -2.39. The van der Waals surface area contributed by atoms with Gasteiger partial charge in [0.2, 0.25) is 0 Å². The summed E-state index contributed by atoms with van der Waals surface area (Å²) in [5.41, 5.74) is -0.0267. The van der Waals surface area contributed by atoms with Crippen molar-refractivity contribution >= 4 is 12.0 Å². The van der Waals surface area contributed by atoms with E-state index >= 15 is 0 Å². The smallest absolute Gasteiger partial charge is 0.317 e. The number of likely N-dealkylation sites (N-methyl/N-ethyl adjacent to an activating group) is 1. The lowest BCUT2D eigenvalue weighted by Crippen LogP contribution is -2.57. The number of hydrogen-bond acceptors (Lipinski definition) is 3. The number of carbonyl (C=O) groups excluding carboxylic acids is 1. The monoisotopic (exact) mass is 299 g/mol. The third-order valence-electron chi connectivity index (χ3n) is 3.70. The van der Waals surface area contributed by atoms with Crippen LogP contribution in [-0.4, -0.2) is 65.7 Å². The van der Waals surface area contributed by atoms with Gasteiger partial charge in [-0.15, -0.1) is 0 Å². The van der Waals surface area contributed by atoms with Crippen LogP contribution in [0.3, 0.4) is 0 Å². The summed E-state index contributed by atoms with van der Waals surface area (Å²) in [6.45, 7) is 10.5. The summed E-state index contributed by atoms with van der Waals surface area (Å²) in [6.07, 6.45) is 0.609. The van der Waals surface area contributed by atoms with E-state index in [1.165, 1.54) is 0 Å². The molecule has 1 rings (SSSR count). The lowest BCUT2D eigenvalue weighted by atomic mass is 9.87. The van der Waals surface area contributed by atoms with E-state index in [2.05, 4.69) is 10.2 Å². The molecule has 0 aromatic rings. The number of carbonyl (C=O) groups is 2. The van der Waals surface area contributed by atoms with Crippen LogP contribution in [0.2, 0.25) is 0 Å². The molecule has 1 aliphatic heterocycles. The van der Waals surface area contributed by atoms with Gasteiger partial charge < -0.3 is 20.2 Å². The second-order valence-electron chi connectivity index (χ2n) is 7.31. The molecule has 0 spiro atoms. The van der Waals surface area contributed by atoms with Crippen molar-refractivity contribution in [1.29, 1.82) is 0 Å². The zero-order chi connectivity index (χ0) is 16.2. The number of nitrogens with one attached hydrogen (secondary N) is 1. The molecule has 1 heterocycles. The third kappa shape index (κ3) is 6.33. The van der Waals surface area contributed by atoms with E-state index in [1.54, 1.807) is 4.90 Å². The molecule has 0 aliphatic carbocycles. The molecule has 2 amide bonds. The first-order valence-electron chi connectivity index (χ1n) is 7.56. The van der Waals surface area contributed by atoms with Gasteiger partial charge in [0.1, 0.15) is 0 Å². The molecule has 1 saturated heterocycles. The molecule has 21 heavy (non-hydrogen) atoms. The number of carboxylic acid groups (broad SMARTS) is 1. The molecule has 6 nitrogen and oxygen atoms in total. The van der Waals surface area contributed by atoms with Crippen molar-refractivity contribution in [1.82, 2.24) is 15.1 Å². The summed E-state index contributed by atoms with van der Waals surface area (Å²) in [5.74, 6) is -0.879. The highest BCUT2D eigenvalue weighted by atomic mass is 16.4. The molecule has 1 aliphatic rings. The van der Waals surface area contributed by atoms with Crippen molar-refractivity contribution in [3.05, 3.63) is 0 Å². The zero-order valence-electron chi connectivity index (χ0n) is 13.8. The lowest BCUT2D eigenvalue weighted by molar-refractivity contribution is -0.137. The highest BCUT2D eigenvalue weighted by molar-refractivity contribution is 5.76. The van der Waals surface area contributed by atoms with E-state index < -0.39 is 5.97 Å². The van der Waals surface area contributed by atoms with Crippen LogP contribution in [-0.2, 0) is 4.79 Å². The largest absolute Gasteiger partial charge is 0.481 e. The fourth-order valence-corrected chi connectivity index (χ4v) is 2.82. The molecule has 1 fully saturated rings. The standard InChI is InChI=1S/C15H29N3O3/c1-11-10-17(5)6-7-18(11)14(21)16-12(8-13(19)20)9-15(2,3)4/h11-12H,6-10H2,1-5H3,(H,16,21)(H,19,20). The van der Waals surface area contributed by atoms with Crippen LogP contribution in [0.15, 0.2) is 0 Å². The minimum absolute atomic E-state index is 0.0267. The van der Waals surface area contributed by atoms with Gasteiger partial charge in [-0.2, -0.15) is 0 Å². The van der Waals surface area contributed by atoms with Crippen molar-refractivity contribution in [2.75, 3.05) is 26.7 Å². The first-order chi connectivity index (χ1) is 9.58. The maximum absolute atomic E-state index is 12.4. The molecular formula is C15H29N3O3. The maximum atomic E-state index is 12.4. The number of rotatable bonds is 4. The Bertz CT molecular complexity index is 379. The van der Waals surface area contributed by atoms with Crippen LogP contribution >= 0.6 is 0 Å².